The fourth-order valence-electron chi connectivity index (χ4n) is 1.28. The van der Waals surface area contributed by atoms with Crippen molar-refractivity contribution in [2.45, 2.75) is 0 Å². The summed E-state index contributed by atoms with van der Waals surface area (Å²) in [5, 5.41) is 2.23. The molecule has 94 valence electrons. The van der Waals surface area contributed by atoms with E-state index in [9.17, 15) is 13.6 Å². The molecule has 0 bridgehead atoms. The van der Waals surface area contributed by atoms with Gasteiger partial charge in [0.05, 0.1) is 15.6 Å². The lowest BCUT2D eigenvalue weighted by Gasteiger charge is -2.05. The number of amides is 1. The Balaban J connectivity index is 2.26. The number of rotatable bonds is 2. The first-order valence-corrected chi connectivity index (χ1v) is 6.26. The highest BCUT2D eigenvalue weighted by molar-refractivity contribution is 7.20. The summed E-state index contributed by atoms with van der Waals surface area (Å²) in [5.74, 6) is -2.03. The highest BCUT2D eigenvalue weighted by Gasteiger charge is 2.16. The maximum absolute atomic E-state index is 13.3. The average molecular weight is 308 g/mol. The smallest absolute Gasteiger partial charge is 0.258 e. The number of nitrogens with one attached hydrogen (secondary N) is 1. The second-order valence-electron chi connectivity index (χ2n) is 3.32. The zero-order valence-electron chi connectivity index (χ0n) is 8.64. The van der Waals surface area contributed by atoms with E-state index in [0.29, 0.717) is 4.34 Å². The highest BCUT2D eigenvalue weighted by Crippen LogP contribution is 2.31. The molecule has 7 heteroatoms. The normalized spacial score (nSPS) is 10.4. The van der Waals surface area contributed by atoms with Gasteiger partial charge in [0, 0.05) is 6.07 Å². The minimum atomic E-state index is -0.734. The van der Waals surface area contributed by atoms with Gasteiger partial charge in [-0.1, -0.05) is 23.2 Å². The van der Waals surface area contributed by atoms with Crippen LogP contribution in [0, 0.1) is 11.6 Å². The minimum absolute atomic E-state index is 0.121. The fourth-order valence-corrected chi connectivity index (χ4v) is 2.74. The van der Waals surface area contributed by atoms with Crippen LogP contribution in [0.5, 0.6) is 0 Å². The lowest BCUT2D eigenvalue weighted by Crippen LogP contribution is -2.12. The van der Waals surface area contributed by atoms with Gasteiger partial charge < -0.3 is 5.32 Å². The molecule has 2 rings (SSSR count). The number of halogens is 4. The maximum atomic E-state index is 13.3. The predicted octanol–water partition coefficient (Wildman–Crippen LogP) is 4.59. The van der Waals surface area contributed by atoms with Gasteiger partial charge in [-0.2, -0.15) is 0 Å². The summed E-state index contributed by atoms with van der Waals surface area (Å²) in [7, 11) is 0. The van der Waals surface area contributed by atoms with Crippen molar-refractivity contribution < 1.29 is 13.6 Å². The molecular formula is C11H5Cl2F2NOS. The fraction of sp³-hybridized carbons (Fsp3) is 0. The van der Waals surface area contributed by atoms with Crippen molar-refractivity contribution >= 4 is 46.1 Å². The molecule has 1 aromatic heterocycles. The Morgan fingerprint density at radius 2 is 1.94 bits per heavy atom. The van der Waals surface area contributed by atoms with Crippen molar-refractivity contribution in [1.29, 1.82) is 0 Å². The van der Waals surface area contributed by atoms with Crippen LogP contribution in [0.15, 0.2) is 24.3 Å². The Kier molecular flexibility index (Phi) is 3.85. The van der Waals surface area contributed by atoms with Crippen molar-refractivity contribution in [2.24, 2.45) is 0 Å². The largest absolute Gasteiger partial charge is 0.319 e. The number of benzene rings is 1. The summed E-state index contributed by atoms with van der Waals surface area (Å²) in [6.07, 6.45) is 0. The molecule has 1 heterocycles. The Morgan fingerprint density at radius 3 is 2.56 bits per heavy atom. The van der Waals surface area contributed by atoms with Crippen LogP contribution in [0.2, 0.25) is 8.67 Å². The van der Waals surface area contributed by atoms with E-state index in [1.54, 1.807) is 0 Å². The molecule has 0 unspecified atom stereocenters. The molecule has 1 N–H and O–H groups in total. The average Bonchev–Trinajstić information content (AvgIpc) is 2.63. The molecule has 0 fully saturated rings. The molecule has 1 aromatic carbocycles. The lowest BCUT2D eigenvalue weighted by molar-refractivity contribution is 0.102. The molecule has 0 saturated heterocycles. The second-order valence-corrected chi connectivity index (χ2v) is 5.60. The predicted molar refractivity (Wildman–Crippen MR) is 68.7 cm³/mol. The molecule has 1 amide bonds. The van der Waals surface area contributed by atoms with Crippen LogP contribution in [-0.2, 0) is 0 Å². The molecule has 0 aliphatic rings. The van der Waals surface area contributed by atoms with Crippen molar-refractivity contribution in [3.8, 4) is 0 Å². The molecule has 2 aromatic rings. The zero-order valence-corrected chi connectivity index (χ0v) is 11.0. The van der Waals surface area contributed by atoms with E-state index in [1.807, 2.05) is 0 Å². The molecule has 0 aliphatic heterocycles. The summed E-state index contributed by atoms with van der Waals surface area (Å²) < 4.78 is 26.8. The minimum Gasteiger partial charge on any atom is -0.319 e. The van der Waals surface area contributed by atoms with Gasteiger partial charge in [-0.3, -0.25) is 4.79 Å². The van der Waals surface area contributed by atoms with Gasteiger partial charge in [0.2, 0.25) is 0 Å². The van der Waals surface area contributed by atoms with Crippen LogP contribution in [0.1, 0.15) is 10.4 Å². The summed E-state index contributed by atoms with van der Waals surface area (Å²) in [6, 6.07) is 4.13. The van der Waals surface area contributed by atoms with E-state index in [-0.39, 0.29) is 15.6 Å². The van der Waals surface area contributed by atoms with Gasteiger partial charge in [-0.05, 0) is 18.2 Å². The monoisotopic (exact) mass is 307 g/mol. The number of hydrogen-bond donors (Lipinski definition) is 1. The molecule has 0 spiro atoms. The first-order chi connectivity index (χ1) is 8.47. The Labute approximate surface area is 115 Å². The van der Waals surface area contributed by atoms with E-state index in [1.165, 1.54) is 6.07 Å². The molecule has 2 nitrogen and oxygen atoms in total. The first-order valence-electron chi connectivity index (χ1n) is 4.68. The van der Waals surface area contributed by atoms with Crippen LogP contribution < -0.4 is 5.32 Å². The van der Waals surface area contributed by atoms with Crippen LogP contribution in [0.25, 0.3) is 0 Å². The number of anilines is 1. The van der Waals surface area contributed by atoms with Crippen LogP contribution in [0.3, 0.4) is 0 Å². The Morgan fingerprint density at radius 1 is 1.22 bits per heavy atom. The van der Waals surface area contributed by atoms with Gasteiger partial charge in [0.15, 0.2) is 0 Å². The highest BCUT2D eigenvalue weighted by atomic mass is 35.5. The lowest BCUT2D eigenvalue weighted by atomic mass is 10.2. The third-order valence-electron chi connectivity index (χ3n) is 2.08. The standard InChI is InChI=1S/C11H5Cl2F2NOS/c12-9-4-6(10(13)18-9)11(17)16-8-3-5(14)1-2-7(8)15/h1-4H,(H,16,17). The summed E-state index contributed by atoms with van der Waals surface area (Å²) in [4.78, 5) is 11.8. The van der Waals surface area contributed by atoms with Crippen molar-refractivity contribution in [3.63, 3.8) is 0 Å². The topological polar surface area (TPSA) is 29.1 Å². The summed E-state index contributed by atoms with van der Waals surface area (Å²) in [6.45, 7) is 0. The number of thiophene rings is 1. The number of carbonyl (C=O) groups is 1. The van der Waals surface area contributed by atoms with E-state index in [4.69, 9.17) is 23.2 Å². The molecule has 0 radical (unpaired) electrons. The quantitative estimate of drug-likeness (QED) is 0.864. The van der Waals surface area contributed by atoms with E-state index >= 15 is 0 Å². The summed E-state index contributed by atoms with van der Waals surface area (Å²) in [5.41, 5.74) is -0.131. The second kappa shape index (κ2) is 5.22. The van der Waals surface area contributed by atoms with Crippen LogP contribution in [-0.4, -0.2) is 5.91 Å². The van der Waals surface area contributed by atoms with E-state index < -0.39 is 17.5 Å². The molecule has 18 heavy (non-hydrogen) atoms. The van der Waals surface area contributed by atoms with Gasteiger partial charge in [0.1, 0.15) is 16.0 Å². The van der Waals surface area contributed by atoms with Gasteiger partial charge >= 0.3 is 0 Å². The SMILES string of the molecule is O=C(Nc1cc(F)ccc1F)c1cc(Cl)sc1Cl. The Hall–Kier alpha value is -1.17. The van der Waals surface area contributed by atoms with Crippen molar-refractivity contribution in [1.82, 2.24) is 0 Å². The van der Waals surface area contributed by atoms with E-state index in [2.05, 4.69) is 5.32 Å². The van der Waals surface area contributed by atoms with Gasteiger partial charge in [0.25, 0.3) is 5.91 Å². The summed E-state index contributed by atoms with van der Waals surface area (Å²) >= 11 is 12.5. The molecule has 0 saturated carbocycles. The third kappa shape index (κ3) is 2.80. The maximum Gasteiger partial charge on any atom is 0.258 e. The van der Waals surface area contributed by atoms with E-state index in [0.717, 1.165) is 29.5 Å². The van der Waals surface area contributed by atoms with Crippen molar-refractivity contribution in [3.05, 3.63) is 50.1 Å². The van der Waals surface area contributed by atoms with Crippen molar-refractivity contribution in [2.75, 3.05) is 5.32 Å². The van der Waals surface area contributed by atoms with Gasteiger partial charge in [-0.15, -0.1) is 11.3 Å². The molecule has 0 atom stereocenters. The van der Waals surface area contributed by atoms with Gasteiger partial charge in [-0.25, -0.2) is 8.78 Å². The first kappa shape index (κ1) is 13.3. The Bertz CT molecular complexity index is 615. The number of carbonyl (C=O) groups excluding carboxylic acids is 1. The number of hydrogen-bond acceptors (Lipinski definition) is 2. The van der Waals surface area contributed by atoms with Crippen LogP contribution >= 0.6 is 34.5 Å². The molecular weight excluding hydrogens is 303 g/mol. The third-order valence-corrected chi connectivity index (χ3v) is 3.57. The zero-order chi connectivity index (χ0) is 13.3. The van der Waals surface area contributed by atoms with Crippen LogP contribution in [0.4, 0.5) is 14.5 Å². The molecule has 0 aliphatic carbocycles.